The highest BCUT2D eigenvalue weighted by Gasteiger charge is 2.14. The van der Waals surface area contributed by atoms with Gasteiger partial charge in [-0.1, -0.05) is 0 Å². The lowest BCUT2D eigenvalue weighted by Crippen LogP contribution is -2.46. The summed E-state index contributed by atoms with van der Waals surface area (Å²) in [5.74, 6) is -0.414. The Labute approximate surface area is 124 Å². The molecule has 1 aliphatic heterocycles. The van der Waals surface area contributed by atoms with E-state index in [1.807, 2.05) is 6.92 Å². The van der Waals surface area contributed by atoms with Crippen LogP contribution < -0.4 is 10.6 Å². The number of hydrogen-bond acceptors (Lipinski definition) is 5. The number of anilines is 1. The normalized spacial score (nSPS) is 15.5. The third-order valence-electron chi connectivity index (χ3n) is 3.50. The van der Waals surface area contributed by atoms with E-state index < -0.39 is 0 Å². The summed E-state index contributed by atoms with van der Waals surface area (Å²) < 4.78 is 4.67. The van der Waals surface area contributed by atoms with Crippen molar-refractivity contribution in [1.82, 2.24) is 10.2 Å². The molecule has 0 atom stereocenters. The molecule has 0 saturated carbocycles. The second-order valence-corrected chi connectivity index (χ2v) is 5.10. The Kier molecular flexibility index (Phi) is 5.30. The molecule has 0 bridgehead atoms. The number of piperazine rings is 1. The van der Waals surface area contributed by atoms with Gasteiger partial charge in [-0.3, -0.25) is 9.69 Å². The molecule has 114 valence electrons. The number of esters is 1. The van der Waals surface area contributed by atoms with Gasteiger partial charge in [-0.05, 0) is 30.7 Å². The zero-order chi connectivity index (χ0) is 15.2. The van der Waals surface area contributed by atoms with Crippen LogP contribution in [-0.2, 0) is 9.53 Å². The standard InChI is InChI=1S/C15H21N3O3/c1-11-9-12(15(20)21-2)3-4-13(11)17-14(19)10-18-7-5-16-6-8-18/h3-4,9,16H,5-8,10H2,1-2H3,(H,17,19). The number of benzene rings is 1. The first-order valence-electron chi connectivity index (χ1n) is 7.02. The predicted molar refractivity (Wildman–Crippen MR) is 80.5 cm³/mol. The summed E-state index contributed by atoms with van der Waals surface area (Å²) >= 11 is 0. The number of carbonyl (C=O) groups excluding carboxylic acids is 2. The third kappa shape index (κ3) is 4.27. The molecule has 1 saturated heterocycles. The molecule has 0 aromatic heterocycles. The average molecular weight is 291 g/mol. The number of methoxy groups -OCH3 is 1. The molecule has 0 spiro atoms. The molecule has 1 aromatic rings. The second-order valence-electron chi connectivity index (χ2n) is 5.10. The molecule has 0 radical (unpaired) electrons. The largest absolute Gasteiger partial charge is 0.465 e. The number of aryl methyl sites for hydroxylation is 1. The number of hydrogen-bond donors (Lipinski definition) is 2. The van der Waals surface area contributed by atoms with Crippen molar-refractivity contribution in [3.8, 4) is 0 Å². The minimum atomic E-state index is -0.378. The highest BCUT2D eigenvalue weighted by Crippen LogP contribution is 2.17. The quantitative estimate of drug-likeness (QED) is 0.796. The molecule has 1 aromatic carbocycles. The molecule has 2 N–H and O–H groups in total. The Hall–Kier alpha value is -1.92. The monoisotopic (exact) mass is 291 g/mol. The molecular weight excluding hydrogens is 270 g/mol. The van der Waals surface area contributed by atoms with Crippen molar-refractivity contribution in [3.05, 3.63) is 29.3 Å². The molecule has 0 aliphatic carbocycles. The summed E-state index contributed by atoms with van der Waals surface area (Å²) in [5, 5.41) is 6.14. The molecule has 1 heterocycles. The van der Waals surface area contributed by atoms with E-state index in [4.69, 9.17) is 0 Å². The van der Waals surface area contributed by atoms with Crippen molar-refractivity contribution in [2.45, 2.75) is 6.92 Å². The first kappa shape index (κ1) is 15.5. The van der Waals surface area contributed by atoms with Gasteiger partial charge in [0.25, 0.3) is 0 Å². The van der Waals surface area contributed by atoms with E-state index in [9.17, 15) is 9.59 Å². The fraction of sp³-hybridized carbons (Fsp3) is 0.467. The summed E-state index contributed by atoms with van der Waals surface area (Å²) in [4.78, 5) is 25.6. The topological polar surface area (TPSA) is 70.7 Å². The maximum Gasteiger partial charge on any atom is 0.337 e. The highest BCUT2D eigenvalue weighted by atomic mass is 16.5. The summed E-state index contributed by atoms with van der Waals surface area (Å²) in [7, 11) is 1.35. The van der Waals surface area contributed by atoms with Crippen LogP contribution in [0.15, 0.2) is 18.2 Å². The number of rotatable bonds is 4. The molecular formula is C15H21N3O3. The van der Waals surface area contributed by atoms with Crippen molar-refractivity contribution < 1.29 is 14.3 Å². The van der Waals surface area contributed by atoms with Gasteiger partial charge < -0.3 is 15.4 Å². The van der Waals surface area contributed by atoms with Gasteiger partial charge in [0, 0.05) is 31.9 Å². The minimum Gasteiger partial charge on any atom is -0.465 e. The summed E-state index contributed by atoms with van der Waals surface area (Å²) in [5.41, 5.74) is 2.05. The Morgan fingerprint density at radius 3 is 2.67 bits per heavy atom. The van der Waals surface area contributed by atoms with Crippen molar-refractivity contribution in [2.24, 2.45) is 0 Å². The maximum absolute atomic E-state index is 12.0. The number of nitrogens with zero attached hydrogens (tertiary/aromatic N) is 1. The van der Waals surface area contributed by atoms with Gasteiger partial charge in [0.05, 0.1) is 19.2 Å². The molecule has 21 heavy (non-hydrogen) atoms. The van der Waals surface area contributed by atoms with Gasteiger partial charge in [0.15, 0.2) is 0 Å². The highest BCUT2D eigenvalue weighted by molar-refractivity contribution is 5.95. The lowest BCUT2D eigenvalue weighted by Gasteiger charge is -2.26. The Bertz CT molecular complexity index is 525. The van der Waals surface area contributed by atoms with Gasteiger partial charge in [0.1, 0.15) is 0 Å². The van der Waals surface area contributed by atoms with Gasteiger partial charge in [0.2, 0.25) is 5.91 Å². The Morgan fingerprint density at radius 2 is 2.05 bits per heavy atom. The number of nitrogens with one attached hydrogen (secondary N) is 2. The first-order valence-corrected chi connectivity index (χ1v) is 7.02. The van der Waals surface area contributed by atoms with Crippen LogP contribution in [0.1, 0.15) is 15.9 Å². The van der Waals surface area contributed by atoms with Gasteiger partial charge in [-0.2, -0.15) is 0 Å². The van der Waals surface area contributed by atoms with Crippen LogP contribution in [0.4, 0.5) is 5.69 Å². The van der Waals surface area contributed by atoms with Gasteiger partial charge >= 0.3 is 5.97 Å². The molecule has 1 amide bonds. The van der Waals surface area contributed by atoms with Crippen molar-refractivity contribution in [3.63, 3.8) is 0 Å². The van der Waals surface area contributed by atoms with Crippen molar-refractivity contribution in [1.29, 1.82) is 0 Å². The van der Waals surface area contributed by atoms with Crippen LogP contribution in [0.5, 0.6) is 0 Å². The lowest BCUT2D eigenvalue weighted by molar-refractivity contribution is -0.117. The fourth-order valence-corrected chi connectivity index (χ4v) is 2.31. The molecule has 1 fully saturated rings. The van der Waals surface area contributed by atoms with E-state index in [0.29, 0.717) is 12.1 Å². The predicted octanol–water partition coefficient (Wildman–Crippen LogP) is 0.625. The first-order chi connectivity index (χ1) is 10.1. The smallest absolute Gasteiger partial charge is 0.337 e. The molecule has 0 unspecified atom stereocenters. The number of amides is 1. The Balaban J connectivity index is 1.95. The average Bonchev–Trinajstić information content (AvgIpc) is 2.49. The summed E-state index contributed by atoms with van der Waals surface area (Å²) in [6, 6.07) is 5.10. The van der Waals surface area contributed by atoms with Crippen LogP contribution in [0.2, 0.25) is 0 Å². The van der Waals surface area contributed by atoms with Crippen LogP contribution in [0.3, 0.4) is 0 Å². The lowest BCUT2D eigenvalue weighted by atomic mass is 10.1. The van der Waals surface area contributed by atoms with Crippen LogP contribution >= 0.6 is 0 Å². The minimum absolute atomic E-state index is 0.0363. The Morgan fingerprint density at radius 1 is 1.33 bits per heavy atom. The number of ether oxygens (including phenoxy) is 1. The summed E-state index contributed by atoms with van der Waals surface area (Å²) in [6.07, 6.45) is 0. The van der Waals surface area contributed by atoms with Crippen LogP contribution in [0, 0.1) is 6.92 Å². The SMILES string of the molecule is COC(=O)c1ccc(NC(=O)CN2CCNCC2)c(C)c1. The van der Waals surface area contributed by atoms with E-state index in [1.54, 1.807) is 18.2 Å². The van der Waals surface area contributed by atoms with E-state index >= 15 is 0 Å². The molecule has 2 rings (SSSR count). The van der Waals surface area contributed by atoms with Crippen LogP contribution in [0.25, 0.3) is 0 Å². The van der Waals surface area contributed by atoms with Crippen molar-refractivity contribution in [2.75, 3.05) is 45.2 Å². The van der Waals surface area contributed by atoms with E-state index in [1.165, 1.54) is 7.11 Å². The molecule has 6 nitrogen and oxygen atoms in total. The maximum atomic E-state index is 12.0. The van der Waals surface area contributed by atoms with Crippen molar-refractivity contribution >= 4 is 17.6 Å². The van der Waals surface area contributed by atoms with Gasteiger partial charge in [-0.25, -0.2) is 4.79 Å². The fourth-order valence-electron chi connectivity index (χ4n) is 2.31. The zero-order valence-electron chi connectivity index (χ0n) is 12.4. The molecule has 1 aliphatic rings. The second kappa shape index (κ2) is 7.19. The third-order valence-corrected chi connectivity index (χ3v) is 3.50. The number of carbonyl (C=O) groups is 2. The van der Waals surface area contributed by atoms with Crippen LogP contribution in [-0.4, -0.2) is 56.6 Å². The van der Waals surface area contributed by atoms with E-state index in [-0.39, 0.29) is 11.9 Å². The zero-order valence-corrected chi connectivity index (χ0v) is 12.4. The molecule has 6 heteroatoms. The van der Waals surface area contributed by atoms with E-state index in [0.717, 1.165) is 37.4 Å². The van der Waals surface area contributed by atoms with E-state index in [2.05, 4.69) is 20.3 Å². The van der Waals surface area contributed by atoms with Gasteiger partial charge in [-0.15, -0.1) is 0 Å². The summed E-state index contributed by atoms with van der Waals surface area (Å²) in [6.45, 7) is 5.84.